The quantitative estimate of drug-likeness (QED) is 0.710. The van der Waals surface area contributed by atoms with Gasteiger partial charge in [-0.2, -0.15) is 0 Å². The summed E-state index contributed by atoms with van der Waals surface area (Å²) in [6, 6.07) is 20.6. The van der Waals surface area contributed by atoms with Crippen LogP contribution >= 0.6 is 0 Å². The second-order valence-electron chi connectivity index (χ2n) is 7.02. The molecule has 2 heterocycles. The predicted octanol–water partition coefficient (Wildman–Crippen LogP) is 3.92. The minimum absolute atomic E-state index is 0.0481. The van der Waals surface area contributed by atoms with Crippen LogP contribution in [0.2, 0.25) is 0 Å². The molecule has 0 bridgehead atoms. The normalized spacial score (nSPS) is 13.1. The van der Waals surface area contributed by atoms with Crippen LogP contribution in [0.3, 0.4) is 0 Å². The van der Waals surface area contributed by atoms with Crippen LogP contribution in [0.5, 0.6) is 0 Å². The molecule has 1 aromatic heterocycles. The van der Waals surface area contributed by atoms with Gasteiger partial charge in [-0.3, -0.25) is 9.78 Å². The van der Waals surface area contributed by atoms with E-state index in [1.165, 1.54) is 16.7 Å². The molecule has 1 amide bonds. The molecule has 1 aliphatic heterocycles. The van der Waals surface area contributed by atoms with Crippen LogP contribution < -0.4 is 4.90 Å². The zero-order chi connectivity index (χ0) is 18.6. The van der Waals surface area contributed by atoms with E-state index in [1.807, 2.05) is 48.5 Å². The molecule has 4 heteroatoms. The van der Waals surface area contributed by atoms with Gasteiger partial charge >= 0.3 is 0 Å². The van der Waals surface area contributed by atoms with E-state index in [1.54, 1.807) is 6.20 Å². The zero-order valence-electron chi connectivity index (χ0n) is 15.5. The first kappa shape index (κ1) is 17.3. The Labute approximate surface area is 160 Å². The molecule has 0 radical (unpaired) electrons. The molecule has 0 saturated heterocycles. The summed E-state index contributed by atoms with van der Waals surface area (Å²) in [5.41, 5.74) is 5.40. The SMILES string of the molecule is CN(Cc1ccccc1)c1cncc(C(=O)N2CCc3ccccc3C2)c1. The molecular weight excluding hydrogens is 334 g/mol. The lowest BCUT2D eigenvalue weighted by Gasteiger charge is -2.29. The molecule has 27 heavy (non-hydrogen) atoms. The fourth-order valence-corrected chi connectivity index (χ4v) is 3.55. The molecule has 1 aliphatic rings. The molecule has 4 rings (SSSR count). The van der Waals surface area contributed by atoms with E-state index in [9.17, 15) is 4.79 Å². The average molecular weight is 357 g/mol. The first-order valence-electron chi connectivity index (χ1n) is 9.27. The van der Waals surface area contributed by atoms with Gasteiger partial charge in [-0.1, -0.05) is 54.6 Å². The fourth-order valence-electron chi connectivity index (χ4n) is 3.55. The van der Waals surface area contributed by atoms with E-state index >= 15 is 0 Å². The largest absolute Gasteiger partial charge is 0.369 e. The third-order valence-electron chi connectivity index (χ3n) is 5.09. The zero-order valence-corrected chi connectivity index (χ0v) is 15.5. The van der Waals surface area contributed by atoms with Crippen molar-refractivity contribution >= 4 is 11.6 Å². The van der Waals surface area contributed by atoms with Crippen LogP contribution in [0.1, 0.15) is 27.0 Å². The summed E-state index contributed by atoms with van der Waals surface area (Å²) in [5, 5.41) is 0. The van der Waals surface area contributed by atoms with Crippen molar-refractivity contribution in [1.29, 1.82) is 0 Å². The van der Waals surface area contributed by atoms with Crippen LogP contribution in [0.4, 0.5) is 5.69 Å². The van der Waals surface area contributed by atoms with Crippen molar-refractivity contribution in [3.8, 4) is 0 Å². The minimum Gasteiger partial charge on any atom is -0.369 e. The highest BCUT2D eigenvalue weighted by atomic mass is 16.2. The van der Waals surface area contributed by atoms with Crippen molar-refractivity contribution in [2.75, 3.05) is 18.5 Å². The molecule has 4 nitrogen and oxygen atoms in total. The van der Waals surface area contributed by atoms with E-state index in [2.05, 4.69) is 40.2 Å². The lowest BCUT2D eigenvalue weighted by molar-refractivity contribution is 0.0734. The number of nitrogens with zero attached hydrogens (tertiary/aromatic N) is 3. The highest BCUT2D eigenvalue weighted by Crippen LogP contribution is 2.22. The lowest BCUT2D eigenvalue weighted by atomic mass is 9.99. The van der Waals surface area contributed by atoms with E-state index < -0.39 is 0 Å². The maximum absolute atomic E-state index is 13.0. The van der Waals surface area contributed by atoms with E-state index in [-0.39, 0.29) is 5.91 Å². The van der Waals surface area contributed by atoms with Crippen molar-refractivity contribution in [2.45, 2.75) is 19.5 Å². The number of rotatable bonds is 4. The number of pyridine rings is 1. The molecule has 0 fully saturated rings. The molecule has 0 spiro atoms. The highest BCUT2D eigenvalue weighted by Gasteiger charge is 2.22. The molecule has 3 aromatic rings. The number of amides is 1. The average Bonchev–Trinajstić information content (AvgIpc) is 2.73. The Hall–Kier alpha value is -3.14. The van der Waals surface area contributed by atoms with Crippen molar-refractivity contribution in [3.63, 3.8) is 0 Å². The lowest BCUT2D eigenvalue weighted by Crippen LogP contribution is -2.36. The number of anilines is 1. The predicted molar refractivity (Wildman–Crippen MR) is 108 cm³/mol. The molecule has 0 unspecified atom stereocenters. The molecule has 2 aromatic carbocycles. The first-order valence-corrected chi connectivity index (χ1v) is 9.27. The minimum atomic E-state index is 0.0481. The molecule has 0 saturated carbocycles. The van der Waals surface area contributed by atoms with Gasteiger partial charge in [-0.15, -0.1) is 0 Å². The number of fused-ring (bicyclic) bond motifs is 1. The van der Waals surface area contributed by atoms with Crippen molar-refractivity contribution in [2.24, 2.45) is 0 Å². The summed E-state index contributed by atoms with van der Waals surface area (Å²) < 4.78 is 0. The second kappa shape index (κ2) is 7.62. The Morgan fingerprint density at radius 1 is 1.04 bits per heavy atom. The Bertz CT molecular complexity index is 939. The van der Waals surface area contributed by atoms with Gasteiger partial charge in [0, 0.05) is 32.9 Å². The standard InChI is InChI=1S/C23H23N3O/c1-25(16-18-7-3-2-4-8-18)22-13-21(14-24-15-22)23(27)26-12-11-19-9-5-6-10-20(19)17-26/h2-10,13-15H,11-12,16-17H2,1H3. The van der Waals surface area contributed by atoms with Crippen molar-refractivity contribution < 1.29 is 4.79 Å². The summed E-state index contributed by atoms with van der Waals surface area (Å²) >= 11 is 0. The molecule has 0 atom stereocenters. The Kier molecular flexibility index (Phi) is 4.88. The van der Waals surface area contributed by atoms with Crippen molar-refractivity contribution in [1.82, 2.24) is 9.88 Å². The summed E-state index contributed by atoms with van der Waals surface area (Å²) in [7, 11) is 2.02. The van der Waals surface area contributed by atoms with Gasteiger partial charge in [0.2, 0.25) is 0 Å². The summed E-state index contributed by atoms with van der Waals surface area (Å²) in [6.45, 7) is 2.19. The molecule has 136 valence electrons. The Balaban J connectivity index is 1.50. The summed E-state index contributed by atoms with van der Waals surface area (Å²) in [4.78, 5) is 21.4. The maximum atomic E-state index is 13.0. The molecule has 0 N–H and O–H groups in total. The van der Waals surface area contributed by atoms with Gasteiger partial charge in [0.05, 0.1) is 17.4 Å². The number of hydrogen-bond donors (Lipinski definition) is 0. The monoisotopic (exact) mass is 357 g/mol. The number of carbonyl (C=O) groups is 1. The van der Waals surface area contributed by atoms with Crippen LogP contribution in [0.25, 0.3) is 0 Å². The van der Waals surface area contributed by atoms with E-state index in [0.717, 1.165) is 25.2 Å². The maximum Gasteiger partial charge on any atom is 0.255 e. The number of hydrogen-bond acceptors (Lipinski definition) is 3. The second-order valence-corrected chi connectivity index (χ2v) is 7.02. The highest BCUT2D eigenvalue weighted by molar-refractivity contribution is 5.95. The van der Waals surface area contributed by atoms with Crippen LogP contribution in [0, 0.1) is 0 Å². The van der Waals surface area contributed by atoms with Gasteiger partial charge in [0.25, 0.3) is 5.91 Å². The first-order chi connectivity index (χ1) is 13.2. The topological polar surface area (TPSA) is 36.4 Å². The third-order valence-corrected chi connectivity index (χ3v) is 5.09. The fraction of sp³-hybridized carbons (Fsp3) is 0.217. The number of aromatic nitrogens is 1. The molecule has 0 aliphatic carbocycles. The third kappa shape index (κ3) is 3.85. The smallest absolute Gasteiger partial charge is 0.255 e. The van der Waals surface area contributed by atoms with Gasteiger partial charge in [0.1, 0.15) is 0 Å². The molecular formula is C23H23N3O. The van der Waals surface area contributed by atoms with Crippen LogP contribution in [-0.2, 0) is 19.5 Å². The van der Waals surface area contributed by atoms with Gasteiger partial charge in [-0.25, -0.2) is 0 Å². The van der Waals surface area contributed by atoms with Crippen molar-refractivity contribution in [3.05, 3.63) is 95.3 Å². The Morgan fingerprint density at radius 3 is 2.59 bits per heavy atom. The summed E-state index contributed by atoms with van der Waals surface area (Å²) in [6.07, 6.45) is 4.39. The van der Waals surface area contributed by atoms with Gasteiger partial charge < -0.3 is 9.80 Å². The Morgan fingerprint density at radius 2 is 1.78 bits per heavy atom. The summed E-state index contributed by atoms with van der Waals surface area (Å²) in [5.74, 6) is 0.0481. The number of carbonyl (C=O) groups excluding carboxylic acids is 1. The van der Waals surface area contributed by atoms with E-state index in [4.69, 9.17) is 0 Å². The number of benzene rings is 2. The van der Waals surface area contributed by atoms with Crippen LogP contribution in [0.15, 0.2) is 73.1 Å². The van der Waals surface area contributed by atoms with Crippen LogP contribution in [-0.4, -0.2) is 29.4 Å². The van der Waals surface area contributed by atoms with E-state index in [0.29, 0.717) is 12.1 Å². The van der Waals surface area contributed by atoms with Gasteiger partial charge in [-0.05, 0) is 29.2 Å². The van der Waals surface area contributed by atoms with Gasteiger partial charge in [0.15, 0.2) is 0 Å².